The van der Waals surface area contributed by atoms with Crippen LogP contribution in [-0.4, -0.2) is 63.5 Å². The molecule has 0 radical (unpaired) electrons. The van der Waals surface area contributed by atoms with Crippen LogP contribution >= 0.6 is 23.5 Å². The predicted molar refractivity (Wildman–Crippen MR) is 111 cm³/mol. The maximum atomic E-state index is 5.45. The van der Waals surface area contributed by atoms with E-state index >= 15 is 0 Å². The fraction of sp³-hybridized carbons (Fsp3) is 0.789. The summed E-state index contributed by atoms with van der Waals surface area (Å²) >= 11 is 3.89. The zero-order valence-electron chi connectivity index (χ0n) is 15.9. The summed E-state index contributed by atoms with van der Waals surface area (Å²) in [6.07, 6.45) is 6.74. The summed E-state index contributed by atoms with van der Waals surface area (Å²) in [6, 6.07) is 0.656. The molecule has 0 unspecified atom stereocenters. The maximum absolute atomic E-state index is 5.45. The van der Waals surface area contributed by atoms with Crippen molar-refractivity contribution in [2.45, 2.75) is 62.4 Å². The van der Waals surface area contributed by atoms with Crippen LogP contribution in [0.1, 0.15) is 49.5 Å². The van der Waals surface area contributed by atoms with E-state index in [1.54, 1.807) is 0 Å². The van der Waals surface area contributed by atoms with Crippen molar-refractivity contribution in [3.63, 3.8) is 0 Å². The highest BCUT2D eigenvalue weighted by atomic mass is 32.2. The van der Waals surface area contributed by atoms with Gasteiger partial charge in [-0.1, -0.05) is 42.8 Å². The Hall–Kier alpha value is -0.660. The summed E-state index contributed by atoms with van der Waals surface area (Å²) in [4.78, 5) is 12.1. The van der Waals surface area contributed by atoms with Crippen molar-refractivity contribution in [2.75, 3.05) is 38.6 Å². The Bertz CT molecular complexity index is 648. The molecule has 1 saturated carbocycles. The van der Waals surface area contributed by atoms with Gasteiger partial charge in [-0.05, 0) is 26.7 Å². The smallest absolute Gasteiger partial charge is 0.168 e. The number of rotatable bonds is 4. The first kappa shape index (κ1) is 18.7. The Morgan fingerprint density at radius 3 is 2.69 bits per heavy atom. The van der Waals surface area contributed by atoms with Crippen LogP contribution in [0, 0.1) is 13.8 Å². The lowest BCUT2D eigenvalue weighted by molar-refractivity contribution is 0.0693. The number of aryl methyl sites for hydroxylation is 1. The molecular weight excluding hydrogens is 364 g/mol. The molecule has 2 fully saturated rings. The summed E-state index contributed by atoms with van der Waals surface area (Å²) in [5, 5.41) is 3.02. The van der Waals surface area contributed by atoms with E-state index in [0.717, 1.165) is 38.6 Å². The summed E-state index contributed by atoms with van der Waals surface area (Å²) in [6.45, 7) is 8.96. The zero-order valence-corrected chi connectivity index (χ0v) is 17.6. The third kappa shape index (κ3) is 4.09. The topological polar surface area (TPSA) is 42.6 Å². The number of imidazole rings is 1. The molecular formula is C19H30N4OS2. The Labute approximate surface area is 165 Å². The van der Waals surface area contributed by atoms with Gasteiger partial charge in [-0.25, -0.2) is 4.98 Å². The average molecular weight is 395 g/mol. The number of amidine groups is 1. The predicted octanol–water partition coefficient (Wildman–Crippen LogP) is 3.90. The van der Waals surface area contributed by atoms with Gasteiger partial charge < -0.3 is 14.2 Å². The molecule has 2 aliphatic heterocycles. The minimum Gasteiger partial charge on any atom is -0.378 e. The van der Waals surface area contributed by atoms with Gasteiger partial charge in [-0.3, -0.25) is 4.99 Å². The lowest BCUT2D eigenvalue weighted by Gasteiger charge is -2.28. The van der Waals surface area contributed by atoms with Gasteiger partial charge in [0.15, 0.2) is 10.3 Å². The molecule has 4 rings (SSSR count). The highest BCUT2D eigenvalue weighted by molar-refractivity contribution is 8.15. The summed E-state index contributed by atoms with van der Waals surface area (Å²) in [7, 11) is 0. The number of hydrogen-bond donors (Lipinski definition) is 0. The van der Waals surface area contributed by atoms with Crippen LogP contribution in [-0.2, 0) is 4.74 Å². The number of hydrogen-bond acceptors (Lipinski definition) is 6. The number of nitrogens with zero attached hydrogens (tertiary/aromatic N) is 4. The SMILES string of the molecule is Cc1nc(SC[C@H]2CN=C(N3CCOCC3)S2)n(C2CCCCC2)c1C. The zero-order chi connectivity index (χ0) is 17.9. The van der Waals surface area contributed by atoms with Gasteiger partial charge in [0.1, 0.15) is 0 Å². The highest BCUT2D eigenvalue weighted by Gasteiger charge is 2.27. The van der Waals surface area contributed by atoms with Crippen LogP contribution in [0.5, 0.6) is 0 Å². The van der Waals surface area contributed by atoms with E-state index in [-0.39, 0.29) is 0 Å². The van der Waals surface area contributed by atoms with E-state index in [2.05, 4.69) is 23.3 Å². The van der Waals surface area contributed by atoms with Crippen LogP contribution in [0.4, 0.5) is 0 Å². The van der Waals surface area contributed by atoms with Gasteiger partial charge in [0.2, 0.25) is 0 Å². The fourth-order valence-electron chi connectivity index (χ4n) is 4.05. The Morgan fingerprint density at radius 2 is 1.92 bits per heavy atom. The molecule has 0 spiro atoms. The quantitative estimate of drug-likeness (QED) is 0.725. The van der Waals surface area contributed by atoms with Gasteiger partial charge in [0.05, 0.1) is 25.5 Å². The summed E-state index contributed by atoms with van der Waals surface area (Å²) in [5.41, 5.74) is 2.56. The van der Waals surface area contributed by atoms with Gasteiger partial charge in [0.25, 0.3) is 0 Å². The van der Waals surface area contributed by atoms with E-state index in [1.165, 1.54) is 53.8 Å². The largest absolute Gasteiger partial charge is 0.378 e. The summed E-state index contributed by atoms with van der Waals surface area (Å²) < 4.78 is 8.00. The Kier molecular flexibility index (Phi) is 6.16. The second kappa shape index (κ2) is 8.57. The second-order valence-electron chi connectivity index (χ2n) is 7.50. The monoisotopic (exact) mass is 394 g/mol. The Morgan fingerprint density at radius 1 is 1.15 bits per heavy atom. The first-order valence-electron chi connectivity index (χ1n) is 9.94. The van der Waals surface area contributed by atoms with Crippen molar-refractivity contribution < 1.29 is 4.74 Å². The van der Waals surface area contributed by atoms with E-state index in [0.29, 0.717) is 11.3 Å². The maximum Gasteiger partial charge on any atom is 0.168 e. The fourth-order valence-corrected chi connectivity index (χ4v) is 6.53. The molecule has 0 bridgehead atoms. The Balaban J connectivity index is 1.36. The van der Waals surface area contributed by atoms with Crippen LogP contribution in [0.25, 0.3) is 0 Å². The minimum absolute atomic E-state index is 0.565. The molecule has 1 saturated heterocycles. The van der Waals surface area contributed by atoms with Gasteiger partial charge >= 0.3 is 0 Å². The highest BCUT2D eigenvalue weighted by Crippen LogP contribution is 2.36. The van der Waals surface area contributed by atoms with Crippen LogP contribution < -0.4 is 0 Å². The van der Waals surface area contributed by atoms with Crippen molar-refractivity contribution >= 4 is 28.7 Å². The molecule has 144 valence electrons. The standard InChI is InChI=1S/C19H30N4OS2/c1-14-15(2)23(16-6-4-3-5-7-16)19(21-14)25-13-17-12-20-18(26-17)22-8-10-24-11-9-22/h16-17H,3-13H2,1-2H3/t17-/m1/s1. The van der Waals surface area contributed by atoms with E-state index in [9.17, 15) is 0 Å². The first-order chi connectivity index (χ1) is 12.7. The van der Waals surface area contributed by atoms with Crippen molar-refractivity contribution in [3.8, 4) is 0 Å². The number of thioether (sulfide) groups is 2. The average Bonchev–Trinajstić information content (AvgIpc) is 3.26. The van der Waals surface area contributed by atoms with Crippen LogP contribution in [0.3, 0.4) is 0 Å². The number of ether oxygens (including phenoxy) is 1. The molecule has 0 N–H and O–H groups in total. The second-order valence-corrected chi connectivity index (χ2v) is 9.76. The van der Waals surface area contributed by atoms with Crippen molar-refractivity contribution in [2.24, 2.45) is 4.99 Å². The van der Waals surface area contributed by atoms with Crippen molar-refractivity contribution in [1.29, 1.82) is 0 Å². The van der Waals surface area contributed by atoms with Crippen molar-refractivity contribution in [3.05, 3.63) is 11.4 Å². The lowest BCUT2D eigenvalue weighted by Crippen LogP contribution is -2.39. The van der Waals surface area contributed by atoms with E-state index in [4.69, 9.17) is 14.7 Å². The third-order valence-electron chi connectivity index (χ3n) is 5.68. The molecule has 3 heterocycles. The van der Waals surface area contributed by atoms with E-state index < -0.39 is 0 Å². The molecule has 1 aliphatic carbocycles. The van der Waals surface area contributed by atoms with Crippen LogP contribution in [0.15, 0.2) is 10.1 Å². The molecule has 1 aromatic rings. The normalized spacial score (nSPS) is 24.9. The first-order valence-corrected chi connectivity index (χ1v) is 11.8. The van der Waals surface area contributed by atoms with Gasteiger partial charge in [-0.15, -0.1) is 0 Å². The molecule has 5 nitrogen and oxygen atoms in total. The molecule has 0 amide bonds. The molecule has 26 heavy (non-hydrogen) atoms. The van der Waals surface area contributed by atoms with Crippen LogP contribution in [0.2, 0.25) is 0 Å². The molecule has 7 heteroatoms. The van der Waals surface area contributed by atoms with Gasteiger partial charge in [0, 0.05) is 35.8 Å². The number of morpholine rings is 1. The number of aromatic nitrogens is 2. The molecule has 1 atom stereocenters. The molecule has 0 aromatic carbocycles. The lowest BCUT2D eigenvalue weighted by atomic mass is 9.95. The molecule has 1 aromatic heterocycles. The van der Waals surface area contributed by atoms with E-state index in [1.807, 2.05) is 23.5 Å². The molecule has 3 aliphatic rings. The number of aliphatic imine (C=N–C) groups is 1. The minimum atomic E-state index is 0.565. The summed E-state index contributed by atoms with van der Waals surface area (Å²) in [5.74, 6) is 1.09. The van der Waals surface area contributed by atoms with Gasteiger partial charge in [-0.2, -0.15) is 0 Å². The third-order valence-corrected chi connectivity index (χ3v) is 8.25. The van der Waals surface area contributed by atoms with Crippen molar-refractivity contribution in [1.82, 2.24) is 14.5 Å².